The monoisotopic (exact) mass is 444 g/mol. The molecule has 0 N–H and O–H groups in total. The first-order chi connectivity index (χ1) is 9.84. The molecule has 0 saturated heterocycles. The fourth-order valence-corrected chi connectivity index (χ4v) is 1.18. The number of hydrogen-bond donors (Lipinski definition) is 0. The van der Waals surface area contributed by atoms with E-state index < -0.39 is 0 Å². The molecule has 0 heterocycles. The standard InChI is InChI=1S/C8H8O.5CO.W/c1-9-7-8-5-3-2-4-6-8;5*1-2;/h2-6H,1H3;;;;;;. The molecule has 6 nitrogen and oxygen atoms in total. The fraction of sp³-hybridized carbons (Fsp3) is 0.0769. The first kappa shape index (κ1) is 31.0. The molecular formula is C13H8O6W. The zero-order valence-electron chi connectivity index (χ0n) is 10.2. The van der Waals surface area contributed by atoms with Gasteiger partial charge in [0, 0.05) is 0 Å². The Morgan fingerprint density at radius 1 is 0.800 bits per heavy atom. The van der Waals surface area contributed by atoms with Gasteiger partial charge in [0.05, 0.1) is 0 Å². The fourth-order valence-electron chi connectivity index (χ4n) is 0.692. The molecule has 1 aromatic carbocycles. The van der Waals surface area contributed by atoms with Crippen LogP contribution < -0.4 is 0 Å². The maximum absolute atomic E-state index is 7.50. The van der Waals surface area contributed by atoms with Crippen LogP contribution >= 0.6 is 0 Å². The second kappa shape index (κ2) is 43.2. The summed E-state index contributed by atoms with van der Waals surface area (Å²) in [5, 5.41) is 0. The van der Waals surface area contributed by atoms with Gasteiger partial charge in [0.1, 0.15) is 0 Å². The van der Waals surface area contributed by atoms with E-state index >= 15 is 0 Å². The summed E-state index contributed by atoms with van der Waals surface area (Å²) in [4.78, 5) is 0. The van der Waals surface area contributed by atoms with Gasteiger partial charge in [0.2, 0.25) is 0 Å². The quantitative estimate of drug-likeness (QED) is 0.496. The van der Waals surface area contributed by atoms with Gasteiger partial charge in [-0.3, -0.25) is 0 Å². The third-order valence-corrected chi connectivity index (χ3v) is 2.64. The van der Waals surface area contributed by atoms with Gasteiger partial charge >= 0.3 is 128 Å². The van der Waals surface area contributed by atoms with E-state index in [-0.39, 0.29) is 0 Å². The van der Waals surface area contributed by atoms with E-state index in [0.717, 1.165) is 4.08 Å². The van der Waals surface area contributed by atoms with Gasteiger partial charge in [-0.05, 0) is 0 Å². The van der Waals surface area contributed by atoms with Gasteiger partial charge in [0.25, 0.3) is 0 Å². The minimum absolute atomic E-state index is 1.04. The van der Waals surface area contributed by atoms with Crippen molar-refractivity contribution in [1.82, 2.24) is 0 Å². The van der Waals surface area contributed by atoms with Gasteiger partial charge in [-0.15, -0.1) is 0 Å². The van der Waals surface area contributed by atoms with E-state index in [4.69, 9.17) is 28.0 Å². The number of methoxy groups -OCH3 is 1. The van der Waals surface area contributed by atoms with Gasteiger partial charge < -0.3 is 0 Å². The van der Waals surface area contributed by atoms with E-state index in [2.05, 4.69) is 33.3 Å². The Kier molecular flexibility index (Phi) is 67.1. The summed E-state index contributed by atoms with van der Waals surface area (Å²) in [7, 11) is 1.70. The molecule has 20 heavy (non-hydrogen) atoms. The van der Waals surface area contributed by atoms with Crippen molar-refractivity contribution in [3.8, 4) is 0 Å². The van der Waals surface area contributed by atoms with Gasteiger partial charge in [0.15, 0.2) is 0 Å². The minimum atomic E-state index is 1.04. The van der Waals surface area contributed by atoms with Crippen molar-refractivity contribution in [3.63, 3.8) is 0 Å². The first-order valence-electron chi connectivity index (χ1n) is 4.00. The van der Waals surface area contributed by atoms with Crippen molar-refractivity contribution in [3.05, 3.63) is 69.1 Å². The molecule has 0 aliphatic rings. The summed E-state index contributed by atoms with van der Waals surface area (Å²) in [6, 6.07) is 10.1. The van der Waals surface area contributed by atoms with Crippen molar-refractivity contribution in [2.24, 2.45) is 0 Å². The van der Waals surface area contributed by atoms with Crippen molar-refractivity contribution in [2.45, 2.75) is 0 Å². The first-order valence-corrected chi connectivity index (χ1v) is 5.46. The van der Waals surface area contributed by atoms with Crippen LogP contribution in [-0.4, -0.2) is 11.2 Å². The van der Waals surface area contributed by atoms with Crippen LogP contribution in [0, 0.1) is 33.3 Å². The number of rotatable bonds is 2. The molecule has 0 atom stereocenters. The van der Waals surface area contributed by atoms with Crippen LogP contribution in [0.2, 0.25) is 0 Å². The van der Waals surface area contributed by atoms with E-state index in [0.29, 0.717) is 0 Å². The summed E-state index contributed by atoms with van der Waals surface area (Å²) in [6.45, 7) is 22.5. The van der Waals surface area contributed by atoms with Crippen LogP contribution in [0.5, 0.6) is 0 Å². The molecule has 0 aromatic heterocycles. The van der Waals surface area contributed by atoms with Crippen LogP contribution in [0.15, 0.2) is 30.3 Å². The molecule has 0 spiro atoms. The summed E-state index contributed by atoms with van der Waals surface area (Å²) in [6.07, 6.45) is 0. The Morgan fingerprint density at radius 2 is 1.10 bits per heavy atom. The van der Waals surface area contributed by atoms with Crippen LogP contribution in [-0.2, 0) is 47.4 Å². The van der Waals surface area contributed by atoms with E-state index in [1.54, 1.807) is 7.11 Å². The molecule has 0 fully saturated rings. The Bertz CT molecular complexity index is 368. The molecule has 0 aliphatic heterocycles. The number of benzene rings is 1. The van der Waals surface area contributed by atoms with Crippen LogP contribution in [0.3, 0.4) is 0 Å². The molecular weight excluding hydrogens is 436 g/mol. The van der Waals surface area contributed by atoms with Gasteiger partial charge in [-0.1, -0.05) is 0 Å². The summed E-state index contributed by atoms with van der Waals surface area (Å²) in [5.74, 6) is 0. The third-order valence-electron chi connectivity index (χ3n) is 1.19. The van der Waals surface area contributed by atoms with Crippen LogP contribution in [0.1, 0.15) is 5.56 Å². The summed E-state index contributed by atoms with van der Waals surface area (Å²) in [5.41, 5.74) is 1.18. The van der Waals surface area contributed by atoms with E-state index in [9.17, 15) is 0 Å². The van der Waals surface area contributed by atoms with Gasteiger partial charge in [-0.2, -0.15) is 0 Å². The zero-order valence-corrected chi connectivity index (χ0v) is 13.2. The Morgan fingerprint density at radius 3 is 1.35 bits per heavy atom. The van der Waals surface area contributed by atoms with E-state index in [1.165, 1.54) is 24.9 Å². The van der Waals surface area contributed by atoms with E-state index in [1.807, 2.05) is 30.3 Å². The average molecular weight is 444 g/mol. The Labute approximate surface area is 128 Å². The average Bonchev–Trinajstić information content (AvgIpc) is 2.63. The molecule has 1 aromatic rings. The Balaban J connectivity index is -0.0000000639. The second-order valence-electron chi connectivity index (χ2n) is 1.86. The second-order valence-corrected chi connectivity index (χ2v) is 3.19. The summed E-state index contributed by atoms with van der Waals surface area (Å²) >= 11 is 1.36. The maximum atomic E-state index is 7.50. The SMILES string of the molecule is CO[C](=[W])c1ccccc1.[C-]#[O+].[C-]#[O+].[C-]#[O+].[C-]#[O+].[C-]#[O+]. The molecule has 0 saturated carbocycles. The van der Waals surface area contributed by atoms with Gasteiger partial charge in [-0.25, -0.2) is 0 Å². The molecule has 0 aliphatic carbocycles. The molecule has 7 heteroatoms. The molecule has 0 amide bonds. The third kappa shape index (κ3) is 25.3. The normalized spacial score (nSPS) is 5.15. The molecule has 1 rings (SSSR count). The number of ether oxygens (including phenoxy) is 1. The molecule has 0 unspecified atom stereocenters. The van der Waals surface area contributed by atoms with Crippen molar-refractivity contribution in [2.75, 3.05) is 7.11 Å². The van der Waals surface area contributed by atoms with Crippen molar-refractivity contribution >= 4 is 4.08 Å². The van der Waals surface area contributed by atoms with Crippen molar-refractivity contribution in [1.29, 1.82) is 0 Å². The van der Waals surface area contributed by atoms with Crippen molar-refractivity contribution < 1.29 is 47.4 Å². The predicted molar refractivity (Wildman–Crippen MR) is 57.2 cm³/mol. The van der Waals surface area contributed by atoms with Crippen LogP contribution in [0.25, 0.3) is 0 Å². The topological polar surface area (TPSA) is 109 Å². The zero-order chi connectivity index (χ0) is 17.4. The molecule has 0 radical (unpaired) electrons. The number of hydrogen-bond acceptors (Lipinski definition) is 1. The molecule has 0 bridgehead atoms. The molecule has 102 valence electrons. The predicted octanol–water partition coefficient (Wildman–Crippen LogP) is 1.17. The van der Waals surface area contributed by atoms with Crippen LogP contribution in [0.4, 0.5) is 0 Å². The summed E-state index contributed by atoms with van der Waals surface area (Å²) < 4.78 is 43.6. The Hall–Kier alpha value is -1.56.